The molecular formula is C22H27FN4O2. The average Bonchev–Trinajstić information content (AvgIpc) is 2.75. The van der Waals surface area contributed by atoms with E-state index in [1.54, 1.807) is 18.2 Å². The summed E-state index contributed by atoms with van der Waals surface area (Å²) < 4.78 is 14.0. The van der Waals surface area contributed by atoms with Crippen LogP contribution in [0.15, 0.2) is 48.5 Å². The first kappa shape index (κ1) is 19.5. The molecule has 7 heteroatoms. The highest BCUT2D eigenvalue weighted by Gasteiger charge is 2.26. The summed E-state index contributed by atoms with van der Waals surface area (Å²) in [5.74, 6) is 0.216. The summed E-state index contributed by atoms with van der Waals surface area (Å²) in [6.45, 7) is 6.08. The first-order valence-corrected chi connectivity index (χ1v) is 10.1. The molecule has 2 aliphatic heterocycles. The molecule has 2 saturated heterocycles. The van der Waals surface area contributed by atoms with E-state index in [1.165, 1.54) is 6.07 Å². The number of carbonyl (C=O) groups excluding carboxylic acids is 1. The van der Waals surface area contributed by atoms with E-state index >= 15 is 0 Å². The van der Waals surface area contributed by atoms with Crippen LogP contribution in [0.4, 0.5) is 15.8 Å². The van der Waals surface area contributed by atoms with E-state index in [1.807, 2.05) is 34.1 Å². The van der Waals surface area contributed by atoms with Crippen molar-refractivity contribution in [1.29, 1.82) is 0 Å². The van der Waals surface area contributed by atoms with Gasteiger partial charge in [-0.25, -0.2) is 4.39 Å². The molecular weight excluding hydrogens is 371 g/mol. The number of hydrogen-bond donors (Lipinski definition) is 1. The van der Waals surface area contributed by atoms with Crippen LogP contribution in [0, 0.1) is 5.82 Å². The predicted molar refractivity (Wildman–Crippen MR) is 112 cm³/mol. The van der Waals surface area contributed by atoms with Gasteiger partial charge in [0, 0.05) is 52.4 Å². The standard InChI is InChI=1S/C22H27FN4O2/c23-18-5-1-2-6-19(18)25-13-15-27(16-14-25)22(29)17-24-9-11-26(12-10-24)20-7-3-4-8-21(20)28/h1-8,28H,9-17H2. The molecule has 1 N–H and O–H groups in total. The van der Waals surface area contributed by atoms with Crippen LogP contribution in [-0.4, -0.2) is 79.7 Å². The Morgan fingerprint density at radius 2 is 1.34 bits per heavy atom. The van der Waals surface area contributed by atoms with Gasteiger partial charge in [0.2, 0.25) is 5.91 Å². The summed E-state index contributed by atoms with van der Waals surface area (Å²) in [5.41, 5.74) is 1.46. The highest BCUT2D eigenvalue weighted by Crippen LogP contribution is 2.27. The lowest BCUT2D eigenvalue weighted by Crippen LogP contribution is -2.54. The Hall–Kier alpha value is -2.80. The average molecular weight is 398 g/mol. The molecule has 0 unspecified atom stereocenters. The molecule has 2 heterocycles. The Morgan fingerprint density at radius 3 is 2.00 bits per heavy atom. The SMILES string of the molecule is O=C(CN1CCN(c2ccccc2O)CC1)N1CCN(c2ccccc2F)CC1. The maximum absolute atomic E-state index is 14.0. The smallest absolute Gasteiger partial charge is 0.236 e. The van der Waals surface area contributed by atoms with Crippen molar-refractivity contribution < 1.29 is 14.3 Å². The number of hydrogen-bond acceptors (Lipinski definition) is 5. The van der Waals surface area contributed by atoms with Gasteiger partial charge in [0.1, 0.15) is 11.6 Å². The Balaban J connectivity index is 1.25. The summed E-state index contributed by atoms with van der Waals surface area (Å²) in [4.78, 5) is 20.9. The molecule has 2 aliphatic rings. The number of piperazine rings is 2. The summed E-state index contributed by atoms with van der Waals surface area (Å²) in [7, 11) is 0. The van der Waals surface area contributed by atoms with Gasteiger partial charge < -0.3 is 19.8 Å². The molecule has 0 atom stereocenters. The Labute approximate surface area is 170 Å². The van der Waals surface area contributed by atoms with Gasteiger partial charge in [0.15, 0.2) is 0 Å². The van der Waals surface area contributed by atoms with Crippen molar-refractivity contribution in [2.24, 2.45) is 0 Å². The first-order chi connectivity index (χ1) is 14.1. The quantitative estimate of drug-likeness (QED) is 0.854. The molecule has 0 aliphatic carbocycles. The van der Waals surface area contributed by atoms with Gasteiger partial charge in [-0.2, -0.15) is 0 Å². The van der Waals surface area contributed by atoms with E-state index in [0.29, 0.717) is 44.2 Å². The molecule has 0 radical (unpaired) electrons. The largest absolute Gasteiger partial charge is 0.506 e. The maximum atomic E-state index is 14.0. The van der Waals surface area contributed by atoms with Crippen molar-refractivity contribution in [2.45, 2.75) is 0 Å². The van der Waals surface area contributed by atoms with E-state index in [4.69, 9.17) is 0 Å². The normalized spacial score (nSPS) is 18.2. The monoisotopic (exact) mass is 398 g/mol. The zero-order valence-electron chi connectivity index (χ0n) is 16.5. The minimum Gasteiger partial charge on any atom is -0.506 e. The van der Waals surface area contributed by atoms with Crippen LogP contribution in [-0.2, 0) is 4.79 Å². The Morgan fingerprint density at radius 1 is 0.793 bits per heavy atom. The van der Waals surface area contributed by atoms with E-state index in [-0.39, 0.29) is 11.7 Å². The van der Waals surface area contributed by atoms with Crippen LogP contribution in [0.3, 0.4) is 0 Å². The highest BCUT2D eigenvalue weighted by molar-refractivity contribution is 5.78. The molecule has 0 bridgehead atoms. The minimum absolute atomic E-state index is 0.134. The van der Waals surface area contributed by atoms with Crippen LogP contribution >= 0.6 is 0 Å². The van der Waals surface area contributed by atoms with Crippen LogP contribution in [0.25, 0.3) is 0 Å². The number of amides is 1. The van der Waals surface area contributed by atoms with Gasteiger partial charge in [-0.15, -0.1) is 0 Å². The third-order valence-corrected chi connectivity index (χ3v) is 5.78. The molecule has 0 aromatic heterocycles. The summed E-state index contributed by atoms with van der Waals surface area (Å²) in [6, 6.07) is 14.2. The number of benzene rings is 2. The van der Waals surface area contributed by atoms with Crippen LogP contribution in [0.1, 0.15) is 0 Å². The second kappa shape index (κ2) is 8.69. The van der Waals surface area contributed by atoms with E-state index < -0.39 is 0 Å². The number of rotatable bonds is 4. The van der Waals surface area contributed by atoms with Crippen molar-refractivity contribution in [2.75, 3.05) is 68.7 Å². The zero-order chi connectivity index (χ0) is 20.2. The topological polar surface area (TPSA) is 50.3 Å². The number of para-hydroxylation sites is 3. The van der Waals surface area contributed by atoms with E-state index in [0.717, 1.165) is 31.9 Å². The number of anilines is 2. The fourth-order valence-electron chi connectivity index (χ4n) is 4.07. The molecule has 2 fully saturated rings. The van der Waals surface area contributed by atoms with Crippen molar-refractivity contribution in [3.63, 3.8) is 0 Å². The molecule has 29 heavy (non-hydrogen) atoms. The van der Waals surface area contributed by atoms with Crippen molar-refractivity contribution >= 4 is 17.3 Å². The number of halogens is 1. The third kappa shape index (κ3) is 4.45. The predicted octanol–water partition coefficient (Wildman–Crippen LogP) is 2.00. The van der Waals surface area contributed by atoms with Gasteiger partial charge >= 0.3 is 0 Å². The van der Waals surface area contributed by atoms with E-state index in [9.17, 15) is 14.3 Å². The van der Waals surface area contributed by atoms with Crippen molar-refractivity contribution in [1.82, 2.24) is 9.80 Å². The lowest BCUT2D eigenvalue weighted by atomic mass is 10.2. The molecule has 0 spiro atoms. The number of phenols is 1. The molecule has 4 rings (SSSR count). The summed E-state index contributed by atoms with van der Waals surface area (Å²) in [6.07, 6.45) is 0. The van der Waals surface area contributed by atoms with Crippen LogP contribution in [0.2, 0.25) is 0 Å². The summed E-state index contributed by atoms with van der Waals surface area (Å²) in [5, 5.41) is 10.0. The second-order valence-electron chi connectivity index (χ2n) is 7.57. The number of carbonyl (C=O) groups is 1. The lowest BCUT2D eigenvalue weighted by molar-refractivity contribution is -0.132. The molecule has 2 aromatic rings. The van der Waals surface area contributed by atoms with Gasteiger partial charge in [0.05, 0.1) is 17.9 Å². The second-order valence-corrected chi connectivity index (χ2v) is 7.57. The van der Waals surface area contributed by atoms with Gasteiger partial charge in [0.25, 0.3) is 0 Å². The Bertz CT molecular complexity index is 846. The van der Waals surface area contributed by atoms with Gasteiger partial charge in [-0.05, 0) is 24.3 Å². The highest BCUT2D eigenvalue weighted by atomic mass is 19.1. The minimum atomic E-state index is -0.213. The van der Waals surface area contributed by atoms with Crippen molar-refractivity contribution in [3.8, 4) is 5.75 Å². The fraction of sp³-hybridized carbons (Fsp3) is 0.409. The lowest BCUT2D eigenvalue weighted by Gasteiger charge is -2.39. The molecule has 1 amide bonds. The molecule has 6 nitrogen and oxygen atoms in total. The molecule has 0 saturated carbocycles. The number of nitrogens with zero attached hydrogens (tertiary/aromatic N) is 4. The molecule has 154 valence electrons. The number of phenolic OH excluding ortho intramolecular Hbond substituents is 1. The third-order valence-electron chi connectivity index (χ3n) is 5.78. The number of aromatic hydroxyl groups is 1. The van der Waals surface area contributed by atoms with Gasteiger partial charge in [-0.1, -0.05) is 24.3 Å². The zero-order valence-corrected chi connectivity index (χ0v) is 16.5. The van der Waals surface area contributed by atoms with Crippen molar-refractivity contribution in [3.05, 3.63) is 54.3 Å². The Kier molecular flexibility index (Phi) is 5.85. The van der Waals surface area contributed by atoms with E-state index in [2.05, 4.69) is 9.80 Å². The van der Waals surface area contributed by atoms with Crippen LogP contribution < -0.4 is 9.80 Å². The van der Waals surface area contributed by atoms with Crippen LogP contribution in [0.5, 0.6) is 5.75 Å². The fourth-order valence-corrected chi connectivity index (χ4v) is 4.07. The maximum Gasteiger partial charge on any atom is 0.236 e. The van der Waals surface area contributed by atoms with Gasteiger partial charge in [-0.3, -0.25) is 9.69 Å². The first-order valence-electron chi connectivity index (χ1n) is 10.1. The molecule has 2 aromatic carbocycles. The summed E-state index contributed by atoms with van der Waals surface area (Å²) >= 11 is 0.